The number of esters is 2. The predicted octanol–water partition coefficient (Wildman–Crippen LogP) is 4.41. The maximum atomic E-state index is 15.2. The van der Waals surface area contributed by atoms with Crippen LogP contribution in [0.1, 0.15) is 30.9 Å². The van der Waals surface area contributed by atoms with E-state index in [1.807, 2.05) is 0 Å². The monoisotopic (exact) mass is 541 g/mol. The van der Waals surface area contributed by atoms with Crippen molar-refractivity contribution in [2.45, 2.75) is 32.0 Å². The van der Waals surface area contributed by atoms with Gasteiger partial charge in [-0.25, -0.2) is 18.4 Å². The molecule has 192 valence electrons. The van der Waals surface area contributed by atoms with Gasteiger partial charge in [-0.15, -0.1) is 0 Å². The number of benzene rings is 1. The highest BCUT2D eigenvalue weighted by atomic mass is 35.5. The lowest BCUT2D eigenvalue weighted by Gasteiger charge is -2.33. The Kier molecular flexibility index (Phi) is 9.17. The van der Waals surface area contributed by atoms with Gasteiger partial charge >= 0.3 is 18.1 Å². The fourth-order valence-electron chi connectivity index (χ4n) is 3.47. The molecule has 14 heteroatoms. The average molecular weight is 542 g/mol. The Morgan fingerprint density at radius 3 is 2.31 bits per heavy atom. The van der Waals surface area contributed by atoms with Crippen LogP contribution in [0.25, 0.3) is 0 Å². The van der Waals surface area contributed by atoms with Crippen molar-refractivity contribution in [3.63, 3.8) is 0 Å². The Bertz CT molecular complexity index is 1110. The lowest BCUT2D eigenvalue weighted by molar-refractivity contribution is -0.144. The Balaban J connectivity index is 3.04. The Hall–Kier alpha value is -2.80. The van der Waals surface area contributed by atoms with Crippen molar-refractivity contribution in [1.82, 2.24) is 5.32 Å². The van der Waals surface area contributed by atoms with E-state index in [1.165, 1.54) is 13.8 Å². The molecule has 1 unspecified atom stereocenters. The highest BCUT2D eigenvalue weighted by molar-refractivity contribution is 8.13. The summed E-state index contributed by atoms with van der Waals surface area (Å²) >= 11 is 6.45. The van der Waals surface area contributed by atoms with E-state index in [4.69, 9.17) is 27.5 Å². The number of thioether (sulfide) groups is 1. The van der Waals surface area contributed by atoms with E-state index < -0.39 is 80.8 Å². The number of rotatable bonds is 7. The molecule has 0 saturated heterocycles. The Morgan fingerprint density at radius 2 is 1.83 bits per heavy atom. The van der Waals surface area contributed by atoms with Crippen LogP contribution in [0.3, 0.4) is 0 Å². The van der Waals surface area contributed by atoms with E-state index in [0.29, 0.717) is 23.9 Å². The van der Waals surface area contributed by atoms with Crippen molar-refractivity contribution < 1.29 is 41.0 Å². The SMILES string of the molecule is COC(=O)C1=C(CF)NC(CSC(=N)N)=C(C(=O)OC(C)C)C1c1c(F)ccc(Cl)c1C(F)(F)F. The first kappa shape index (κ1) is 28.4. The minimum absolute atomic E-state index is 0.228. The molecule has 1 aromatic carbocycles. The van der Waals surface area contributed by atoms with E-state index in [9.17, 15) is 27.2 Å². The summed E-state index contributed by atoms with van der Waals surface area (Å²) in [6.45, 7) is 1.50. The van der Waals surface area contributed by atoms with Crippen LogP contribution in [-0.4, -0.2) is 42.7 Å². The summed E-state index contributed by atoms with van der Waals surface area (Å²) in [5.74, 6) is -6.42. The molecule has 1 aliphatic rings. The zero-order valence-corrected chi connectivity index (χ0v) is 20.2. The summed E-state index contributed by atoms with van der Waals surface area (Å²) in [5.41, 5.74) is 0.333. The summed E-state index contributed by atoms with van der Waals surface area (Å²) in [6, 6.07) is 1.30. The molecule has 0 bridgehead atoms. The van der Waals surface area contributed by atoms with Crippen LogP contribution in [0.2, 0.25) is 5.02 Å². The average Bonchev–Trinajstić information content (AvgIpc) is 2.75. The van der Waals surface area contributed by atoms with Crippen LogP contribution >= 0.6 is 23.4 Å². The Labute approximate surface area is 206 Å². The zero-order valence-electron chi connectivity index (χ0n) is 18.6. The molecule has 7 nitrogen and oxygen atoms in total. The number of hydrogen-bond donors (Lipinski definition) is 3. The van der Waals surface area contributed by atoms with Gasteiger partial charge in [0.25, 0.3) is 0 Å². The second kappa shape index (κ2) is 11.3. The number of allylic oxidation sites excluding steroid dienone is 1. The molecule has 2 rings (SSSR count). The number of ether oxygens (including phenoxy) is 2. The fourth-order valence-corrected chi connectivity index (χ4v) is 4.27. The van der Waals surface area contributed by atoms with Crippen LogP contribution in [0.4, 0.5) is 22.0 Å². The number of carbonyl (C=O) groups is 2. The van der Waals surface area contributed by atoms with Gasteiger partial charge in [0, 0.05) is 17.0 Å². The highest BCUT2D eigenvalue weighted by Gasteiger charge is 2.47. The molecule has 4 N–H and O–H groups in total. The van der Waals surface area contributed by atoms with Gasteiger partial charge in [0.1, 0.15) is 12.5 Å². The van der Waals surface area contributed by atoms with Crippen molar-refractivity contribution in [2.24, 2.45) is 5.73 Å². The molecule has 1 heterocycles. The van der Waals surface area contributed by atoms with Crippen LogP contribution in [0.5, 0.6) is 0 Å². The summed E-state index contributed by atoms with van der Waals surface area (Å²) in [6.07, 6.45) is -5.99. The van der Waals surface area contributed by atoms with E-state index in [2.05, 4.69) is 10.1 Å². The number of hydrogen-bond acceptors (Lipinski definition) is 7. The van der Waals surface area contributed by atoms with Crippen molar-refractivity contribution in [1.29, 1.82) is 5.41 Å². The van der Waals surface area contributed by atoms with E-state index in [0.717, 1.165) is 7.11 Å². The molecule has 35 heavy (non-hydrogen) atoms. The van der Waals surface area contributed by atoms with E-state index >= 15 is 4.39 Å². The van der Waals surface area contributed by atoms with E-state index in [1.54, 1.807) is 0 Å². The third kappa shape index (κ3) is 6.26. The molecule has 1 aliphatic heterocycles. The Morgan fingerprint density at radius 1 is 1.23 bits per heavy atom. The third-order valence-corrected chi connectivity index (χ3v) is 5.78. The number of amidine groups is 1. The van der Waals surface area contributed by atoms with Gasteiger partial charge in [-0.2, -0.15) is 13.2 Å². The summed E-state index contributed by atoms with van der Waals surface area (Å²) in [7, 11) is 0.887. The number of nitrogens with one attached hydrogen (secondary N) is 2. The number of nitrogens with two attached hydrogens (primary N) is 1. The van der Waals surface area contributed by atoms with Gasteiger partial charge in [-0.05, 0) is 26.0 Å². The first-order valence-corrected chi connectivity index (χ1v) is 11.2. The zero-order chi connectivity index (χ0) is 26.7. The molecule has 1 atom stereocenters. The molecule has 0 aromatic heterocycles. The second-order valence-electron chi connectivity index (χ2n) is 7.39. The topological polar surface area (TPSA) is 115 Å². The lowest BCUT2D eigenvalue weighted by Crippen LogP contribution is -2.37. The molecule has 0 spiro atoms. The molecular formula is C21H21ClF5N3O4S. The molecule has 0 radical (unpaired) electrons. The van der Waals surface area contributed by atoms with Crippen molar-refractivity contribution >= 4 is 40.5 Å². The van der Waals surface area contributed by atoms with Gasteiger partial charge in [0.2, 0.25) is 0 Å². The molecule has 0 amide bonds. The largest absolute Gasteiger partial charge is 0.466 e. The number of halogens is 6. The van der Waals surface area contributed by atoms with Crippen LogP contribution in [0, 0.1) is 11.2 Å². The molecule has 0 saturated carbocycles. The van der Waals surface area contributed by atoms with Crippen molar-refractivity contribution in [3.8, 4) is 0 Å². The van der Waals surface area contributed by atoms with Gasteiger partial charge in [0.05, 0.1) is 46.6 Å². The third-order valence-electron chi connectivity index (χ3n) is 4.72. The minimum atomic E-state index is -5.22. The number of methoxy groups -OCH3 is 1. The summed E-state index contributed by atoms with van der Waals surface area (Å²) in [4.78, 5) is 25.8. The number of alkyl halides is 4. The van der Waals surface area contributed by atoms with Crippen LogP contribution in [0.15, 0.2) is 34.7 Å². The normalized spacial score (nSPS) is 16.3. The summed E-state index contributed by atoms with van der Waals surface area (Å²) < 4.78 is 81.2. The second-order valence-corrected chi connectivity index (χ2v) is 8.81. The summed E-state index contributed by atoms with van der Waals surface area (Å²) in [5, 5.41) is 8.57. The quantitative estimate of drug-likeness (QED) is 0.203. The number of dihydropyridines is 1. The maximum absolute atomic E-state index is 15.2. The minimum Gasteiger partial charge on any atom is -0.466 e. The molecule has 0 aliphatic carbocycles. The van der Waals surface area contributed by atoms with Gasteiger partial charge < -0.3 is 20.5 Å². The smallest absolute Gasteiger partial charge is 0.418 e. The maximum Gasteiger partial charge on any atom is 0.418 e. The van der Waals surface area contributed by atoms with Crippen LogP contribution < -0.4 is 11.1 Å². The van der Waals surface area contributed by atoms with Crippen molar-refractivity contribution in [3.05, 3.63) is 56.6 Å². The highest BCUT2D eigenvalue weighted by Crippen LogP contribution is 2.48. The lowest BCUT2D eigenvalue weighted by atomic mass is 9.78. The van der Waals surface area contributed by atoms with Gasteiger partial charge in [0.15, 0.2) is 5.17 Å². The molecule has 1 aromatic rings. The number of carbonyl (C=O) groups excluding carboxylic acids is 2. The molecule has 0 fully saturated rings. The van der Waals surface area contributed by atoms with Crippen molar-refractivity contribution in [2.75, 3.05) is 19.5 Å². The fraction of sp³-hybridized carbons (Fsp3) is 0.381. The van der Waals surface area contributed by atoms with Gasteiger partial charge in [-0.3, -0.25) is 5.41 Å². The molecular weight excluding hydrogens is 521 g/mol. The van der Waals surface area contributed by atoms with Crippen LogP contribution in [-0.2, 0) is 25.2 Å². The standard InChI is InChI=1S/C21H21ClF5N3O4S/c1-8(2)34-19(32)15-12(7-35-20(28)29)30-11(6-23)14(18(31)33-3)16(15)13-10(24)5-4-9(22)17(13)21(25,26)27/h4-5,8,16,30H,6-7H2,1-3H3,(H3,28,29). The predicted molar refractivity (Wildman–Crippen MR) is 120 cm³/mol. The van der Waals surface area contributed by atoms with Gasteiger partial charge in [-0.1, -0.05) is 23.4 Å². The van der Waals surface area contributed by atoms with E-state index in [-0.39, 0.29) is 11.4 Å². The first-order valence-electron chi connectivity index (χ1n) is 9.84. The first-order chi connectivity index (χ1) is 16.2.